The van der Waals surface area contributed by atoms with Crippen molar-refractivity contribution in [2.24, 2.45) is 45.3 Å². The van der Waals surface area contributed by atoms with Crippen LogP contribution in [-0.4, -0.2) is 127 Å². The minimum Gasteiger partial charge on any atom is -0.393 e. The SMILES string of the molecule is CC(C)=CCC[C@](C)(OC1OC(COC2OCC(O)C(O)C2O)C(O)C(O)C1O)C1CC[C@]2(C)C1[C@H](O)CC1[C@@]3(C)CC[C@H](O)C(C)(C)C3CC[C@]12C. The van der Waals surface area contributed by atoms with E-state index in [0.717, 1.165) is 44.1 Å². The van der Waals surface area contributed by atoms with Crippen LogP contribution in [0.1, 0.15) is 113 Å². The monoisotopic (exact) mass is 754 g/mol. The minimum absolute atomic E-state index is 0.00324. The second-order valence-corrected chi connectivity index (χ2v) is 19.7. The van der Waals surface area contributed by atoms with E-state index in [9.17, 15) is 40.9 Å². The lowest BCUT2D eigenvalue weighted by atomic mass is 9.35. The Morgan fingerprint density at radius 1 is 0.755 bits per heavy atom. The maximum absolute atomic E-state index is 12.4. The fraction of sp³-hybridized carbons (Fsp3) is 0.951. The van der Waals surface area contributed by atoms with Gasteiger partial charge in [0, 0.05) is 0 Å². The molecule has 0 bridgehead atoms. The highest BCUT2D eigenvalue weighted by atomic mass is 16.7. The topological polar surface area (TPSA) is 199 Å². The van der Waals surface area contributed by atoms with Crippen molar-refractivity contribution in [3.63, 3.8) is 0 Å². The van der Waals surface area contributed by atoms with Crippen molar-refractivity contribution in [3.05, 3.63) is 11.6 Å². The van der Waals surface area contributed by atoms with Gasteiger partial charge in [-0.2, -0.15) is 0 Å². The molecule has 0 spiro atoms. The van der Waals surface area contributed by atoms with Crippen molar-refractivity contribution in [2.45, 2.75) is 186 Å². The molecule has 13 unspecified atom stereocenters. The van der Waals surface area contributed by atoms with Crippen LogP contribution >= 0.6 is 0 Å². The van der Waals surface area contributed by atoms with Gasteiger partial charge in [-0.05, 0) is 124 Å². The van der Waals surface area contributed by atoms with Gasteiger partial charge in [0.05, 0.1) is 31.0 Å². The quantitative estimate of drug-likeness (QED) is 0.161. The van der Waals surface area contributed by atoms with Gasteiger partial charge in [-0.25, -0.2) is 0 Å². The predicted molar refractivity (Wildman–Crippen MR) is 195 cm³/mol. The Morgan fingerprint density at radius 2 is 1.42 bits per heavy atom. The number of aliphatic hydroxyl groups is 8. The van der Waals surface area contributed by atoms with Gasteiger partial charge in [0.2, 0.25) is 0 Å². The molecule has 6 fully saturated rings. The zero-order valence-corrected chi connectivity index (χ0v) is 33.2. The number of hydrogen-bond donors (Lipinski definition) is 8. The highest BCUT2D eigenvalue weighted by molar-refractivity contribution is 5.20. The molecule has 0 radical (unpaired) electrons. The van der Waals surface area contributed by atoms with Crippen molar-refractivity contribution in [1.29, 1.82) is 0 Å². The van der Waals surface area contributed by atoms with E-state index < -0.39 is 67.0 Å². The minimum atomic E-state index is -1.63. The summed E-state index contributed by atoms with van der Waals surface area (Å²) in [7, 11) is 0. The lowest BCUT2D eigenvalue weighted by Gasteiger charge is -2.70. The molecular weight excluding hydrogens is 684 g/mol. The normalized spacial score (nSPS) is 52.1. The first-order valence-electron chi connectivity index (χ1n) is 20.3. The first kappa shape index (κ1) is 41.9. The van der Waals surface area contributed by atoms with E-state index in [1.807, 2.05) is 20.8 Å². The molecule has 0 aromatic rings. The molecule has 12 heteroatoms. The Hall–Kier alpha value is -0.740. The summed E-state index contributed by atoms with van der Waals surface area (Å²) in [5.41, 5.74) is -0.185. The number of aliphatic hydroxyl groups excluding tert-OH is 8. The number of rotatable bonds is 9. The third-order valence-electron chi connectivity index (χ3n) is 16.3. The lowest BCUT2D eigenvalue weighted by Crippen LogP contribution is -2.67. The molecule has 12 nitrogen and oxygen atoms in total. The third-order valence-corrected chi connectivity index (χ3v) is 16.3. The van der Waals surface area contributed by atoms with Crippen LogP contribution in [0.15, 0.2) is 11.6 Å². The molecule has 8 N–H and O–H groups in total. The van der Waals surface area contributed by atoms with E-state index >= 15 is 0 Å². The Balaban J connectivity index is 1.26. The second kappa shape index (κ2) is 14.9. The van der Waals surface area contributed by atoms with Gasteiger partial charge in [0.25, 0.3) is 0 Å². The average Bonchev–Trinajstić information content (AvgIpc) is 3.47. The van der Waals surface area contributed by atoms with Crippen LogP contribution < -0.4 is 0 Å². The van der Waals surface area contributed by atoms with Crippen molar-refractivity contribution >= 4 is 0 Å². The van der Waals surface area contributed by atoms with Crippen LogP contribution in [0.3, 0.4) is 0 Å². The van der Waals surface area contributed by atoms with Crippen LogP contribution in [0.4, 0.5) is 0 Å². The van der Waals surface area contributed by atoms with Gasteiger partial charge in [0.15, 0.2) is 12.6 Å². The highest BCUT2D eigenvalue weighted by Crippen LogP contribution is 2.76. The van der Waals surface area contributed by atoms with E-state index in [4.69, 9.17) is 18.9 Å². The predicted octanol–water partition coefficient (Wildman–Crippen LogP) is 2.79. The van der Waals surface area contributed by atoms with Gasteiger partial charge in [-0.15, -0.1) is 0 Å². The summed E-state index contributed by atoms with van der Waals surface area (Å²) in [6, 6.07) is 0. The molecule has 19 atom stereocenters. The summed E-state index contributed by atoms with van der Waals surface area (Å²) >= 11 is 0. The molecule has 6 rings (SSSR count). The largest absolute Gasteiger partial charge is 0.393 e. The van der Waals surface area contributed by atoms with E-state index in [0.29, 0.717) is 31.1 Å². The maximum Gasteiger partial charge on any atom is 0.187 e. The summed E-state index contributed by atoms with van der Waals surface area (Å²) < 4.78 is 24.1. The van der Waals surface area contributed by atoms with Crippen molar-refractivity contribution in [2.75, 3.05) is 13.2 Å². The summed E-state index contributed by atoms with van der Waals surface area (Å²) in [6.45, 7) is 17.2. The average molecular weight is 755 g/mol. The van der Waals surface area contributed by atoms with Gasteiger partial charge < -0.3 is 59.8 Å². The van der Waals surface area contributed by atoms with Gasteiger partial charge in [0.1, 0.15) is 42.7 Å². The number of fused-ring (bicyclic) bond motifs is 5. The van der Waals surface area contributed by atoms with E-state index in [-0.39, 0.29) is 52.8 Å². The molecule has 0 amide bonds. The molecule has 53 heavy (non-hydrogen) atoms. The van der Waals surface area contributed by atoms with Crippen molar-refractivity contribution in [1.82, 2.24) is 0 Å². The third kappa shape index (κ3) is 6.90. The van der Waals surface area contributed by atoms with Crippen LogP contribution in [-0.2, 0) is 18.9 Å². The Kier molecular flexibility index (Phi) is 11.8. The summed E-state index contributed by atoms with van der Waals surface area (Å²) in [5, 5.41) is 87.0. The molecule has 2 aliphatic heterocycles. The molecule has 0 aromatic carbocycles. The molecule has 306 valence electrons. The van der Waals surface area contributed by atoms with Crippen molar-refractivity contribution in [3.8, 4) is 0 Å². The number of allylic oxidation sites excluding steroid dienone is 2. The fourth-order valence-corrected chi connectivity index (χ4v) is 12.9. The fourth-order valence-electron chi connectivity index (χ4n) is 12.9. The van der Waals surface area contributed by atoms with Gasteiger partial charge in [-0.3, -0.25) is 0 Å². The molecule has 0 aromatic heterocycles. The first-order chi connectivity index (χ1) is 24.6. The highest BCUT2D eigenvalue weighted by Gasteiger charge is 2.71. The zero-order chi connectivity index (χ0) is 39.1. The van der Waals surface area contributed by atoms with Gasteiger partial charge in [-0.1, -0.05) is 46.3 Å². The molecule has 6 aliphatic rings. The van der Waals surface area contributed by atoms with E-state index in [1.165, 1.54) is 0 Å². The summed E-state index contributed by atoms with van der Waals surface area (Å²) in [5.74, 6) is 0.469. The Morgan fingerprint density at radius 3 is 2.09 bits per heavy atom. The van der Waals surface area contributed by atoms with Crippen molar-refractivity contribution < 1.29 is 59.8 Å². The van der Waals surface area contributed by atoms with E-state index in [2.05, 4.69) is 40.7 Å². The summed E-state index contributed by atoms with van der Waals surface area (Å²) in [4.78, 5) is 0. The zero-order valence-electron chi connectivity index (χ0n) is 33.2. The van der Waals surface area contributed by atoms with Crippen LogP contribution in [0, 0.1) is 45.3 Å². The van der Waals surface area contributed by atoms with Crippen LogP contribution in [0.2, 0.25) is 0 Å². The molecule has 2 heterocycles. The smallest absolute Gasteiger partial charge is 0.187 e. The molecular formula is C41H70O12. The van der Waals surface area contributed by atoms with E-state index in [1.54, 1.807) is 0 Å². The van der Waals surface area contributed by atoms with Crippen LogP contribution in [0.5, 0.6) is 0 Å². The molecule has 4 aliphatic carbocycles. The number of ether oxygens (including phenoxy) is 4. The lowest BCUT2D eigenvalue weighted by molar-refractivity contribution is -0.345. The summed E-state index contributed by atoms with van der Waals surface area (Å²) in [6.07, 6.45) is -4.18. The second-order valence-electron chi connectivity index (χ2n) is 19.7. The first-order valence-corrected chi connectivity index (χ1v) is 20.3. The van der Waals surface area contributed by atoms with Crippen LogP contribution in [0.25, 0.3) is 0 Å². The molecule has 4 saturated carbocycles. The maximum atomic E-state index is 12.4. The standard InChI is InChI=1S/C41H70O12/c1-21(2)10-9-14-41(8,53-36-34(49)32(47)31(46)25(52-36)20-51-35-33(48)30(45)24(43)19-50-35)22-11-16-40(7)29(22)23(42)18-27-38(5)15-13-28(44)37(3,4)26(38)12-17-39(27,40)6/h10,22-36,42-49H,9,11-20H2,1-8H3/t22?,23-,24?,25?,26?,27?,28+,29?,30?,31?,32?,33?,34?,35?,36?,38+,39-,40-,41+/m1/s1. The van der Waals surface area contributed by atoms with Gasteiger partial charge >= 0.3 is 0 Å². The Bertz CT molecular complexity index is 1320. The Labute approximate surface area is 315 Å². The molecule has 2 saturated heterocycles. The number of hydrogen-bond acceptors (Lipinski definition) is 12.